The van der Waals surface area contributed by atoms with Gasteiger partial charge in [0.25, 0.3) is 10.0 Å². The molecule has 2 aromatic carbocycles. The summed E-state index contributed by atoms with van der Waals surface area (Å²) in [6.45, 7) is -2.32. The zero-order chi connectivity index (χ0) is 20.4. The molecule has 0 fully saturated rings. The first-order valence-corrected chi connectivity index (χ1v) is 10.8. The van der Waals surface area contributed by atoms with Crippen LogP contribution >= 0.6 is 11.3 Å². The van der Waals surface area contributed by atoms with Crippen molar-refractivity contribution < 1.29 is 26.7 Å². The van der Waals surface area contributed by atoms with Gasteiger partial charge in [-0.05, 0) is 24.3 Å². The van der Waals surface area contributed by atoms with Crippen molar-refractivity contribution in [3.05, 3.63) is 54.0 Å². The molecule has 1 aromatic heterocycles. The minimum atomic E-state index is -3.85. The van der Waals surface area contributed by atoms with Crippen LogP contribution in [0.4, 0.5) is 25.3 Å². The van der Waals surface area contributed by atoms with Crippen LogP contribution in [-0.2, 0) is 10.0 Å². The number of nitrogens with one attached hydrogen (secondary N) is 1. The van der Waals surface area contributed by atoms with Crippen LogP contribution in [0.2, 0.25) is 0 Å². The Labute approximate surface area is 169 Å². The van der Waals surface area contributed by atoms with Gasteiger partial charge in [0.1, 0.15) is 18.1 Å². The van der Waals surface area contributed by atoms with Crippen molar-refractivity contribution in [2.45, 2.75) is 11.5 Å². The number of halogens is 2. The number of ether oxygens (including phenoxy) is 2. The van der Waals surface area contributed by atoms with Crippen LogP contribution in [0.15, 0.2) is 58.9 Å². The van der Waals surface area contributed by atoms with Crippen LogP contribution < -0.4 is 19.1 Å². The number of alkyl halides is 2. The molecule has 1 aliphatic heterocycles. The average molecular weight is 439 g/mol. The summed E-state index contributed by atoms with van der Waals surface area (Å²) in [5, 5.41) is 1.91. The van der Waals surface area contributed by atoms with Crippen molar-refractivity contribution in [3.8, 4) is 11.5 Å². The van der Waals surface area contributed by atoms with E-state index in [-0.39, 0.29) is 22.4 Å². The maximum atomic E-state index is 12.8. The molecule has 3 aromatic rings. The fourth-order valence-corrected chi connectivity index (χ4v) is 4.74. The van der Waals surface area contributed by atoms with Crippen molar-refractivity contribution in [3.63, 3.8) is 0 Å². The monoisotopic (exact) mass is 439 g/mol. The van der Waals surface area contributed by atoms with E-state index >= 15 is 0 Å². The van der Waals surface area contributed by atoms with E-state index in [2.05, 4.69) is 14.4 Å². The number of thiazole rings is 1. The third-order valence-corrected chi connectivity index (χ3v) is 6.29. The predicted molar refractivity (Wildman–Crippen MR) is 105 cm³/mol. The molecule has 7 nitrogen and oxygen atoms in total. The van der Waals surface area contributed by atoms with Gasteiger partial charge >= 0.3 is 6.61 Å². The molecule has 152 valence electrons. The van der Waals surface area contributed by atoms with Crippen LogP contribution in [0.5, 0.6) is 11.5 Å². The van der Waals surface area contributed by atoms with Gasteiger partial charge in [0.2, 0.25) is 0 Å². The fraction of sp³-hybridized carbons (Fsp3) is 0.167. The molecule has 1 aliphatic rings. The van der Waals surface area contributed by atoms with Gasteiger partial charge < -0.3 is 14.4 Å². The molecule has 29 heavy (non-hydrogen) atoms. The SMILES string of the molecule is O=S(=O)(Nc1nccs1)c1ccc2c(c1)OCCN2c1ccccc1OC(F)F. The molecular formula is C18H15F2N3O4S2. The van der Waals surface area contributed by atoms with Crippen molar-refractivity contribution in [1.82, 2.24) is 4.98 Å². The zero-order valence-electron chi connectivity index (χ0n) is 14.8. The number of aromatic nitrogens is 1. The first-order chi connectivity index (χ1) is 13.9. The summed E-state index contributed by atoms with van der Waals surface area (Å²) in [5.41, 5.74) is 0.989. The second-order valence-electron chi connectivity index (χ2n) is 5.92. The molecule has 0 spiro atoms. The smallest absolute Gasteiger partial charge is 0.387 e. The standard InChI is InChI=1S/C18H15F2N3O4S2/c19-17(20)27-15-4-2-1-3-13(15)23-8-9-26-16-11-12(5-6-14(16)23)29(24,25)22-18-21-7-10-28-18/h1-7,10-11,17H,8-9H2,(H,21,22). The largest absolute Gasteiger partial charge is 0.489 e. The highest BCUT2D eigenvalue weighted by molar-refractivity contribution is 7.93. The molecule has 1 N–H and O–H groups in total. The van der Waals surface area contributed by atoms with E-state index in [0.717, 1.165) is 11.3 Å². The van der Waals surface area contributed by atoms with Gasteiger partial charge in [0.05, 0.1) is 22.8 Å². The summed E-state index contributed by atoms with van der Waals surface area (Å²) < 4.78 is 63.4. The number of hydrogen-bond donors (Lipinski definition) is 1. The third kappa shape index (κ3) is 4.10. The van der Waals surface area contributed by atoms with Crippen LogP contribution in [0.1, 0.15) is 0 Å². The van der Waals surface area contributed by atoms with Crippen molar-refractivity contribution in [2.24, 2.45) is 0 Å². The second-order valence-corrected chi connectivity index (χ2v) is 8.50. The Morgan fingerprint density at radius 3 is 2.79 bits per heavy atom. The number of rotatable bonds is 6. The van der Waals surface area contributed by atoms with Gasteiger partial charge in [-0.15, -0.1) is 11.3 Å². The van der Waals surface area contributed by atoms with E-state index < -0.39 is 16.6 Å². The van der Waals surface area contributed by atoms with Gasteiger partial charge in [-0.1, -0.05) is 12.1 Å². The van der Waals surface area contributed by atoms with E-state index in [0.29, 0.717) is 23.7 Å². The Morgan fingerprint density at radius 1 is 1.21 bits per heavy atom. The summed E-state index contributed by atoms with van der Waals surface area (Å²) in [6.07, 6.45) is 1.50. The molecule has 0 amide bonds. The number of fused-ring (bicyclic) bond motifs is 1. The molecule has 0 atom stereocenters. The lowest BCUT2D eigenvalue weighted by Crippen LogP contribution is -2.29. The molecule has 11 heteroatoms. The Kier molecular flexibility index (Phi) is 5.24. The Hall–Kier alpha value is -2.92. The molecule has 0 saturated carbocycles. The molecule has 2 heterocycles. The zero-order valence-corrected chi connectivity index (χ0v) is 16.4. The molecule has 4 rings (SSSR count). The minimum absolute atomic E-state index is 0.00501. The molecular weight excluding hydrogens is 424 g/mol. The summed E-state index contributed by atoms with van der Waals surface area (Å²) in [5.74, 6) is 0.350. The average Bonchev–Trinajstić information content (AvgIpc) is 3.19. The van der Waals surface area contributed by atoms with Crippen molar-refractivity contribution in [2.75, 3.05) is 22.8 Å². The number of nitrogens with zero attached hydrogens (tertiary/aromatic N) is 2. The Balaban J connectivity index is 1.68. The topological polar surface area (TPSA) is 80.8 Å². The normalized spacial score (nSPS) is 13.7. The van der Waals surface area contributed by atoms with Gasteiger partial charge in [-0.3, -0.25) is 4.72 Å². The first kappa shape index (κ1) is 19.4. The number of benzene rings is 2. The third-order valence-electron chi connectivity index (χ3n) is 4.13. The van der Waals surface area contributed by atoms with Crippen molar-refractivity contribution >= 4 is 37.9 Å². The molecule has 0 aliphatic carbocycles. The van der Waals surface area contributed by atoms with E-state index in [1.54, 1.807) is 34.5 Å². The van der Waals surface area contributed by atoms with E-state index in [9.17, 15) is 17.2 Å². The highest BCUT2D eigenvalue weighted by Crippen LogP contribution is 2.42. The van der Waals surface area contributed by atoms with Gasteiger partial charge in [-0.2, -0.15) is 8.78 Å². The quantitative estimate of drug-likeness (QED) is 0.624. The number of anilines is 3. The van der Waals surface area contributed by atoms with Gasteiger partial charge in [0.15, 0.2) is 5.13 Å². The molecule has 0 radical (unpaired) electrons. The lowest BCUT2D eigenvalue weighted by molar-refractivity contribution is -0.0494. The van der Waals surface area contributed by atoms with Crippen LogP contribution in [0, 0.1) is 0 Å². The van der Waals surface area contributed by atoms with Gasteiger partial charge in [0, 0.05) is 17.6 Å². The highest BCUT2D eigenvalue weighted by atomic mass is 32.2. The molecule has 0 bridgehead atoms. The molecule has 0 saturated heterocycles. The summed E-state index contributed by atoms with van der Waals surface area (Å²) in [4.78, 5) is 5.67. The molecule has 0 unspecified atom stereocenters. The van der Waals surface area contributed by atoms with Gasteiger partial charge in [-0.25, -0.2) is 13.4 Å². The minimum Gasteiger partial charge on any atom is -0.489 e. The Morgan fingerprint density at radius 2 is 2.03 bits per heavy atom. The maximum absolute atomic E-state index is 12.8. The highest BCUT2D eigenvalue weighted by Gasteiger charge is 2.25. The number of hydrogen-bond acceptors (Lipinski definition) is 7. The summed E-state index contributed by atoms with van der Waals surface area (Å²) in [7, 11) is -3.85. The van der Waals surface area contributed by atoms with E-state index in [1.807, 2.05) is 0 Å². The summed E-state index contributed by atoms with van der Waals surface area (Å²) >= 11 is 1.16. The Bertz CT molecular complexity index is 1110. The predicted octanol–water partition coefficient (Wildman–Crippen LogP) is 4.08. The van der Waals surface area contributed by atoms with Crippen molar-refractivity contribution in [1.29, 1.82) is 0 Å². The lowest BCUT2D eigenvalue weighted by Gasteiger charge is -2.32. The van der Waals surface area contributed by atoms with E-state index in [1.165, 1.54) is 24.4 Å². The number of sulfonamides is 1. The lowest BCUT2D eigenvalue weighted by atomic mass is 10.2. The maximum Gasteiger partial charge on any atom is 0.387 e. The fourth-order valence-electron chi connectivity index (χ4n) is 2.94. The van der Waals surface area contributed by atoms with Crippen LogP contribution in [0.3, 0.4) is 0 Å². The second kappa shape index (κ2) is 7.84. The summed E-state index contributed by atoms with van der Waals surface area (Å²) in [6, 6.07) is 10.8. The number of para-hydroxylation sites is 2. The van der Waals surface area contributed by atoms with E-state index in [4.69, 9.17) is 4.74 Å². The first-order valence-electron chi connectivity index (χ1n) is 8.44. The van der Waals surface area contributed by atoms with Crippen LogP contribution in [0.25, 0.3) is 0 Å². The van der Waals surface area contributed by atoms with Crippen LogP contribution in [-0.4, -0.2) is 33.2 Å².